The van der Waals surface area contributed by atoms with E-state index in [0.29, 0.717) is 17.9 Å². The van der Waals surface area contributed by atoms with Gasteiger partial charge in [0.15, 0.2) is 11.6 Å². The fourth-order valence-electron chi connectivity index (χ4n) is 2.76. The number of carboxylic acids is 1. The van der Waals surface area contributed by atoms with Crippen LogP contribution in [0.4, 0.5) is 8.78 Å². The molecule has 2 aromatic rings. The molecule has 1 heterocycles. The molecular weight excluding hydrogens is 360 g/mol. The Bertz CT molecular complexity index is 840. The normalized spacial score (nSPS) is 16.8. The van der Waals surface area contributed by atoms with Gasteiger partial charge >= 0.3 is 5.97 Å². The minimum Gasteiger partial charge on any atom is -0.481 e. The van der Waals surface area contributed by atoms with Crippen molar-refractivity contribution in [1.29, 1.82) is 0 Å². The van der Waals surface area contributed by atoms with E-state index < -0.39 is 23.7 Å². The minimum atomic E-state index is -0.983. The minimum absolute atomic E-state index is 0.125. The van der Waals surface area contributed by atoms with Crippen molar-refractivity contribution in [2.24, 2.45) is 0 Å². The van der Waals surface area contributed by atoms with Gasteiger partial charge in [0.2, 0.25) is 0 Å². The van der Waals surface area contributed by atoms with Crippen LogP contribution in [0.3, 0.4) is 0 Å². The summed E-state index contributed by atoms with van der Waals surface area (Å²) in [7, 11) is 0. The number of aliphatic carboxylic acids is 1. The number of halogens is 2. The van der Waals surface area contributed by atoms with Crippen LogP contribution in [0.1, 0.15) is 16.8 Å². The van der Waals surface area contributed by atoms with E-state index in [1.807, 2.05) is 0 Å². The summed E-state index contributed by atoms with van der Waals surface area (Å²) in [6.45, 7) is 0.840. The molecule has 8 heteroatoms. The first-order chi connectivity index (χ1) is 12.9. The molecule has 1 aliphatic rings. The van der Waals surface area contributed by atoms with Crippen LogP contribution in [0.25, 0.3) is 0 Å². The lowest BCUT2D eigenvalue weighted by Crippen LogP contribution is -2.46. The van der Waals surface area contributed by atoms with Gasteiger partial charge in [-0.15, -0.1) is 0 Å². The summed E-state index contributed by atoms with van der Waals surface area (Å²) in [5.74, 6) is -2.60. The number of nitrogens with zero attached hydrogens (tertiary/aromatic N) is 1. The second-order valence-corrected chi connectivity index (χ2v) is 6.04. The molecule has 142 valence electrons. The maximum Gasteiger partial charge on any atom is 0.306 e. The zero-order valence-electron chi connectivity index (χ0n) is 14.2. The molecule has 1 amide bonds. The molecule has 0 aromatic heterocycles. The Labute approximate surface area is 153 Å². The monoisotopic (exact) mass is 377 g/mol. The Balaban J connectivity index is 1.65. The summed E-state index contributed by atoms with van der Waals surface area (Å²) < 4.78 is 37.3. The Hall–Kier alpha value is -3.00. The molecule has 2 aromatic carbocycles. The van der Waals surface area contributed by atoms with Crippen LogP contribution in [0.15, 0.2) is 42.5 Å². The Morgan fingerprint density at radius 3 is 2.59 bits per heavy atom. The number of ether oxygens (including phenoxy) is 2. The van der Waals surface area contributed by atoms with E-state index in [1.54, 1.807) is 0 Å². The first kappa shape index (κ1) is 18.8. The van der Waals surface area contributed by atoms with Crippen molar-refractivity contribution in [3.05, 3.63) is 59.7 Å². The lowest BCUT2D eigenvalue weighted by Gasteiger charge is -2.32. The second kappa shape index (κ2) is 8.13. The van der Waals surface area contributed by atoms with E-state index in [2.05, 4.69) is 0 Å². The molecule has 3 rings (SSSR count). The molecule has 1 N–H and O–H groups in total. The van der Waals surface area contributed by atoms with Crippen LogP contribution in [-0.2, 0) is 9.53 Å². The molecule has 0 radical (unpaired) electrons. The van der Waals surface area contributed by atoms with Crippen LogP contribution in [0.5, 0.6) is 11.5 Å². The Morgan fingerprint density at radius 1 is 1.19 bits per heavy atom. The topological polar surface area (TPSA) is 76.1 Å². The quantitative estimate of drug-likeness (QED) is 0.867. The SMILES string of the molecule is O=C(O)C[C@@H]1CN(C(=O)c2ccc(Oc3ccc(F)cc3F)cc2)CCO1. The standard InChI is InChI=1S/C19H17F2NO5/c20-13-3-6-17(16(21)9-13)27-14-4-1-12(2-5-14)19(25)22-7-8-26-15(11-22)10-18(23)24/h1-6,9,15H,7-8,10-11H2,(H,23,24)/t15-/m1/s1. The van der Waals surface area contributed by atoms with Crippen molar-refractivity contribution in [3.63, 3.8) is 0 Å². The fraction of sp³-hybridized carbons (Fsp3) is 0.263. The van der Waals surface area contributed by atoms with E-state index in [4.69, 9.17) is 14.6 Å². The third kappa shape index (κ3) is 4.79. The van der Waals surface area contributed by atoms with Gasteiger partial charge in [0.1, 0.15) is 11.6 Å². The number of amides is 1. The molecule has 1 fully saturated rings. The molecule has 0 bridgehead atoms. The highest BCUT2D eigenvalue weighted by molar-refractivity contribution is 5.94. The number of morpholine rings is 1. The summed E-state index contributed by atoms with van der Waals surface area (Å²) >= 11 is 0. The van der Waals surface area contributed by atoms with Crippen molar-refractivity contribution in [2.75, 3.05) is 19.7 Å². The Morgan fingerprint density at radius 2 is 1.93 bits per heavy atom. The van der Waals surface area contributed by atoms with Gasteiger partial charge in [-0.1, -0.05) is 0 Å². The zero-order chi connectivity index (χ0) is 19.4. The molecule has 1 aliphatic heterocycles. The summed E-state index contributed by atoms with van der Waals surface area (Å²) in [4.78, 5) is 24.9. The molecule has 1 saturated heterocycles. The number of hydrogen-bond donors (Lipinski definition) is 1. The highest BCUT2D eigenvalue weighted by Gasteiger charge is 2.26. The molecule has 6 nitrogen and oxygen atoms in total. The van der Waals surface area contributed by atoms with Crippen LogP contribution >= 0.6 is 0 Å². The van der Waals surface area contributed by atoms with Gasteiger partial charge in [-0.2, -0.15) is 0 Å². The Kier molecular flexibility index (Phi) is 5.66. The smallest absolute Gasteiger partial charge is 0.306 e. The molecular formula is C19H17F2NO5. The molecule has 1 atom stereocenters. The van der Waals surface area contributed by atoms with E-state index in [0.717, 1.165) is 12.1 Å². The lowest BCUT2D eigenvalue weighted by atomic mass is 10.1. The van der Waals surface area contributed by atoms with Gasteiger partial charge in [-0.25, -0.2) is 8.78 Å². The van der Waals surface area contributed by atoms with E-state index in [-0.39, 0.29) is 31.2 Å². The van der Waals surface area contributed by atoms with Crippen LogP contribution in [0.2, 0.25) is 0 Å². The van der Waals surface area contributed by atoms with Crippen molar-refractivity contribution < 1.29 is 33.0 Å². The average molecular weight is 377 g/mol. The maximum atomic E-state index is 13.6. The number of benzene rings is 2. The van der Waals surface area contributed by atoms with Crippen molar-refractivity contribution in [2.45, 2.75) is 12.5 Å². The largest absolute Gasteiger partial charge is 0.481 e. The van der Waals surface area contributed by atoms with Gasteiger partial charge < -0.3 is 19.5 Å². The van der Waals surface area contributed by atoms with E-state index >= 15 is 0 Å². The lowest BCUT2D eigenvalue weighted by molar-refractivity contribution is -0.141. The van der Waals surface area contributed by atoms with Gasteiger partial charge in [-0.3, -0.25) is 9.59 Å². The van der Waals surface area contributed by atoms with Gasteiger partial charge in [0.05, 0.1) is 19.1 Å². The van der Waals surface area contributed by atoms with Crippen molar-refractivity contribution in [3.8, 4) is 11.5 Å². The van der Waals surface area contributed by atoms with Gasteiger partial charge in [-0.05, 0) is 36.4 Å². The van der Waals surface area contributed by atoms with Crippen molar-refractivity contribution >= 4 is 11.9 Å². The fourth-order valence-corrected chi connectivity index (χ4v) is 2.76. The summed E-state index contributed by atoms with van der Waals surface area (Å²) in [6, 6.07) is 9.06. The summed E-state index contributed by atoms with van der Waals surface area (Å²) in [5, 5.41) is 8.85. The van der Waals surface area contributed by atoms with E-state index in [9.17, 15) is 18.4 Å². The third-order valence-electron chi connectivity index (χ3n) is 4.05. The predicted molar refractivity (Wildman–Crippen MR) is 90.8 cm³/mol. The molecule has 0 unspecified atom stereocenters. The van der Waals surface area contributed by atoms with Gasteiger partial charge in [0, 0.05) is 24.7 Å². The van der Waals surface area contributed by atoms with Crippen LogP contribution in [-0.4, -0.2) is 47.7 Å². The van der Waals surface area contributed by atoms with Gasteiger partial charge in [0.25, 0.3) is 5.91 Å². The third-order valence-corrected chi connectivity index (χ3v) is 4.05. The van der Waals surface area contributed by atoms with E-state index in [1.165, 1.54) is 35.2 Å². The molecule has 27 heavy (non-hydrogen) atoms. The first-order valence-electron chi connectivity index (χ1n) is 8.28. The number of carboxylic acid groups (broad SMARTS) is 1. The number of hydrogen-bond acceptors (Lipinski definition) is 4. The summed E-state index contributed by atoms with van der Waals surface area (Å²) in [6.07, 6.45) is -0.705. The number of rotatable bonds is 5. The highest BCUT2D eigenvalue weighted by Crippen LogP contribution is 2.25. The summed E-state index contributed by atoms with van der Waals surface area (Å²) in [5.41, 5.74) is 0.387. The molecule has 0 aliphatic carbocycles. The average Bonchev–Trinajstić information content (AvgIpc) is 2.64. The first-order valence-corrected chi connectivity index (χ1v) is 8.28. The maximum absolute atomic E-state index is 13.6. The molecule has 0 spiro atoms. The second-order valence-electron chi connectivity index (χ2n) is 6.04. The number of carbonyl (C=O) groups excluding carboxylic acids is 1. The van der Waals surface area contributed by atoms with Crippen molar-refractivity contribution in [1.82, 2.24) is 4.90 Å². The van der Waals surface area contributed by atoms with Crippen LogP contribution < -0.4 is 4.74 Å². The van der Waals surface area contributed by atoms with Crippen LogP contribution in [0, 0.1) is 11.6 Å². The predicted octanol–water partition coefficient (Wildman–Crippen LogP) is 3.07. The number of carbonyl (C=O) groups is 2. The zero-order valence-corrected chi connectivity index (χ0v) is 14.2. The highest BCUT2D eigenvalue weighted by atomic mass is 19.1. The molecule has 0 saturated carbocycles.